The minimum Gasteiger partial charge on any atom is -0.461 e. The van der Waals surface area contributed by atoms with Gasteiger partial charge >= 0.3 is 0 Å². The van der Waals surface area contributed by atoms with Crippen LogP contribution in [0.15, 0.2) is 37.4 Å². The molecule has 88 valence electrons. The van der Waals surface area contributed by atoms with Crippen molar-refractivity contribution >= 4 is 43.4 Å². The van der Waals surface area contributed by atoms with Gasteiger partial charge in [-0.1, -0.05) is 5.16 Å². The second kappa shape index (κ2) is 7.04. The van der Waals surface area contributed by atoms with Crippen LogP contribution >= 0.6 is 31.9 Å². The van der Waals surface area contributed by atoms with Gasteiger partial charge in [0, 0.05) is 0 Å². The van der Waals surface area contributed by atoms with Crippen LogP contribution in [0.5, 0.6) is 0 Å². The van der Waals surface area contributed by atoms with Crippen molar-refractivity contribution < 1.29 is 14.0 Å². The summed E-state index contributed by atoms with van der Waals surface area (Å²) in [6.45, 7) is 0.127. The number of Topliss-reactive ketones (excluding diaryl/α,β-unsaturated/α-hetero) is 1. The van der Waals surface area contributed by atoms with Gasteiger partial charge in [0.2, 0.25) is 5.71 Å². The van der Waals surface area contributed by atoms with E-state index in [-0.39, 0.29) is 18.1 Å². The maximum absolute atomic E-state index is 11.6. The van der Waals surface area contributed by atoms with E-state index in [0.717, 1.165) is 0 Å². The van der Waals surface area contributed by atoms with Gasteiger partial charge < -0.3 is 9.25 Å². The lowest BCUT2D eigenvalue weighted by Crippen LogP contribution is -2.12. The van der Waals surface area contributed by atoms with E-state index in [0.29, 0.717) is 3.39 Å². The number of carbonyl (C=O) groups is 1. The molecule has 0 aliphatic rings. The number of carbonyl (C=O) groups excluding carboxylic acids is 1. The number of hydrogen-bond donors (Lipinski definition) is 0. The van der Waals surface area contributed by atoms with Crippen molar-refractivity contribution in [1.29, 1.82) is 5.26 Å². The molecule has 0 unspecified atom stereocenters. The fourth-order valence-electron chi connectivity index (χ4n) is 0.839. The predicted octanol–water partition coefficient (Wildman–Crippen LogP) is 2.99. The molecule has 0 radical (unpaired) electrons. The van der Waals surface area contributed by atoms with Gasteiger partial charge in [0.25, 0.3) is 5.78 Å². The van der Waals surface area contributed by atoms with Crippen LogP contribution in [0.4, 0.5) is 0 Å². The molecular formula is C10H6Br2N2O3. The van der Waals surface area contributed by atoms with E-state index in [2.05, 4.69) is 37.0 Å². The highest BCUT2D eigenvalue weighted by molar-refractivity contribution is 9.28. The average molecular weight is 362 g/mol. The number of oxime groups is 1. The molecule has 17 heavy (non-hydrogen) atoms. The van der Waals surface area contributed by atoms with Gasteiger partial charge in [-0.25, -0.2) is 0 Å². The molecule has 7 heteroatoms. The number of ketones is 1. The van der Waals surface area contributed by atoms with Crippen LogP contribution in [0.25, 0.3) is 0 Å². The highest BCUT2D eigenvalue weighted by Crippen LogP contribution is 2.11. The lowest BCUT2D eigenvalue weighted by atomic mass is 10.2. The first-order chi connectivity index (χ1) is 8.15. The van der Waals surface area contributed by atoms with E-state index < -0.39 is 5.78 Å². The molecule has 0 atom stereocenters. The van der Waals surface area contributed by atoms with Gasteiger partial charge in [0.05, 0.1) is 9.65 Å². The van der Waals surface area contributed by atoms with Crippen molar-refractivity contribution in [3.8, 4) is 6.07 Å². The molecule has 1 aromatic heterocycles. The Bertz CT molecular complexity index is 482. The number of furan rings is 1. The third kappa shape index (κ3) is 4.54. The van der Waals surface area contributed by atoms with Gasteiger partial charge in [-0.15, -0.1) is 0 Å². The van der Waals surface area contributed by atoms with Crippen LogP contribution in [0.1, 0.15) is 10.6 Å². The molecule has 0 amide bonds. The highest BCUT2D eigenvalue weighted by Gasteiger charge is 2.17. The maximum Gasteiger partial charge on any atom is 0.260 e. The molecule has 0 aliphatic heterocycles. The van der Waals surface area contributed by atoms with Crippen molar-refractivity contribution in [2.45, 2.75) is 0 Å². The first-order valence-electron chi connectivity index (χ1n) is 4.34. The average Bonchev–Trinajstić information content (AvgIpc) is 2.81. The Kier molecular flexibility index (Phi) is 5.66. The fraction of sp³-hybridized carbons (Fsp3) is 0.100. The normalized spacial score (nSPS) is 10.5. The fourth-order valence-corrected chi connectivity index (χ4v) is 1.10. The molecule has 5 nitrogen and oxygen atoms in total. The predicted molar refractivity (Wildman–Crippen MR) is 68.0 cm³/mol. The summed E-state index contributed by atoms with van der Waals surface area (Å²) in [6.07, 6.45) is 2.96. The second-order valence-corrected chi connectivity index (χ2v) is 5.42. The Morgan fingerprint density at radius 2 is 2.41 bits per heavy atom. The first-order valence-corrected chi connectivity index (χ1v) is 5.93. The van der Waals surface area contributed by atoms with E-state index >= 15 is 0 Å². The Morgan fingerprint density at radius 3 is 2.94 bits per heavy atom. The van der Waals surface area contributed by atoms with Crippen LogP contribution in [-0.4, -0.2) is 18.1 Å². The number of nitrogens with zero attached hydrogens (tertiary/aromatic N) is 2. The Morgan fingerprint density at radius 1 is 1.65 bits per heavy atom. The summed E-state index contributed by atoms with van der Waals surface area (Å²) in [5.74, 6) is -0.564. The first kappa shape index (κ1) is 13.7. The van der Waals surface area contributed by atoms with Crippen molar-refractivity contribution in [2.75, 3.05) is 6.61 Å². The SMILES string of the molecule is N#C/C(=N\OCC=C(Br)Br)C(=O)c1ccco1. The van der Waals surface area contributed by atoms with Gasteiger partial charge in [-0.3, -0.25) is 4.79 Å². The van der Waals surface area contributed by atoms with Crippen LogP contribution in [-0.2, 0) is 4.84 Å². The van der Waals surface area contributed by atoms with Crippen molar-refractivity contribution in [3.63, 3.8) is 0 Å². The Hall–Kier alpha value is -1.39. The topological polar surface area (TPSA) is 75.6 Å². The Balaban J connectivity index is 2.66. The number of rotatable bonds is 5. The molecule has 0 fully saturated rings. The molecule has 0 spiro atoms. The lowest BCUT2D eigenvalue weighted by molar-refractivity contribution is 0.103. The van der Waals surface area contributed by atoms with E-state index in [9.17, 15) is 4.79 Å². The van der Waals surface area contributed by atoms with E-state index in [1.54, 1.807) is 18.2 Å². The summed E-state index contributed by atoms with van der Waals surface area (Å²) in [5.41, 5.74) is -0.362. The standard InChI is InChI=1S/C10H6Br2N2O3/c11-9(12)3-5-17-14-7(6-13)10(15)8-2-1-4-16-8/h1-4H,5H2/b14-7+. The van der Waals surface area contributed by atoms with Crippen LogP contribution in [0.2, 0.25) is 0 Å². The van der Waals surface area contributed by atoms with Gasteiger partial charge in [-0.05, 0) is 50.1 Å². The molecule has 0 N–H and O–H groups in total. The molecule has 1 heterocycles. The molecule has 0 saturated carbocycles. The number of hydrogen-bond acceptors (Lipinski definition) is 5. The lowest BCUT2D eigenvalue weighted by Gasteiger charge is -1.95. The minimum atomic E-state index is -0.612. The van der Waals surface area contributed by atoms with Crippen LogP contribution in [0, 0.1) is 11.3 Å². The molecule has 1 aromatic rings. The highest BCUT2D eigenvalue weighted by atomic mass is 79.9. The third-order valence-corrected chi connectivity index (χ3v) is 2.18. The summed E-state index contributed by atoms with van der Waals surface area (Å²) >= 11 is 6.24. The molecule has 0 aromatic carbocycles. The van der Waals surface area contributed by atoms with Crippen molar-refractivity contribution in [3.05, 3.63) is 33.6 Å². The Labute approximate surface area is 114 Å². The summed E-state index contributed by atoms with van der Waals surface area (Å²) in [7, 11) is 0. The van der Waals surface area contributed by atoms with E-state index in [4.69, 9.17) is 14.5 Å². The summed E-state index contributed by atoms with van der Waals surface area (Å²) < 4.78 is 5.55. The molecule has 1 rings (SSSR count). The summed E-state index contributed by atoms with van der Waals surface area (Å²) in [6, 6.07) is 4.65. The molecule has 0 aliphatic carbocycles. The summed E-state index contributed by atoms with van der Waals surface area (Å²) in [4.78, 5) is 16.4. The quantitative estimate of drug-likeness (QED) is 0.349. The largest absolute Gasteiger partial charge is 0.461 e. The minimum absolute atomic E-state index is 0.0473. The van der Waals surface area contributed by atoms with Crippen molar-refractivity contribution in [1.82, 2.24) is 0 Å². The molecular weight excluding hydrogens is 356 g/mol. The van der Waals surface area contributed by atoms with Gasteiger partial charge in [0.1, 0.15) is 12.7 Å². The van der Waals surface area contributed by atoms with Crippen LogP contribution < -0.4 is 0 Å². The monoisotopic (exact) mass is 360 g/mol. The number of nitriles is 1. The zero-order chi connectivity index (χ0) is 12.7. The van der Waals surface area contributed by atoms with Gasteiger partial charge in [-0.2, -0.15) is 5.26 Å². The smallest absolute Gasteiger partial charge is 0.260 e. The molecule has 0 saturated heterocycles. The maximum atomic E-state index is 11.6. The molecule has 0 bridgehead atoms. The third-order valence-electron chi connectivity index (χ3n) is 1.53. The van der Waals surface area contributed by atoms with Crippen molar-refractivity contribution in [2.24, 2.45) is 5.16 Å². The van der Waals surface area contributed by atoms with Gasteiger partial charge in [0.15, 0.2) is 5.76 Å². The summed E-state index contributed by atoms with van der Waals surface area (Å²) in [5, 5.41) is 12.2. The number of halogens is 2. The van der Waals surface area contributed by atoms with E-state index in [1.165, 1.54) is 12.3 Å². The second-order valence-electron chi connectivity index (χ2n) is 2.65. The zero-order valence-electron chi connectivity index (χ0n) is 8.39. The van der Waals surface area contributed by atoms with Crippen LogP contribution in [0.3, 0.4) is 0 Å². The zero-order valence-corrected chi connectivity index (χ0v) is 11.6. The van der Waals surface area contributed by atoms with E-state index in [1.807, 2.05) is 0 Å².